The molecule has 0 radical (unpaired) electrons. The quantitative estimate of drug-likeness (QED) is 0.768. The van der Waals surface area contributed by atoms with E-state index in [0.29, 0.717) is 36.3 Å². The molecule has 3 atom stereocenters. The Bertz CT molecular complexity index is 884. The van der Waals surface area contributed by atoms with Gasteiger partial charge in [-0.25, -0.2) is 4.79 Å². The van der Waals surface area contributed by atoms with E-state index in [-0.39, 0.29) is 5.91 Å². The maximum atomic E-state index is 13.1. The van der Waals surface area contributed by atoms with Crippen LogP contribution in [0.5, 0.6) is 5.75 Å². The SMILES string of the molecule is CC(C)(C)OC(=O)N1CCCC1C(=O)N[C@H]1c2cc(C#N)ccc2OC(C)(C)[C@@H]1O. The molecule has 1 aromatic rings. The van der Waals surface area contributed by atoms with Crippen molar-refractivity contribution in [2.24, 2.45) is 0 Å². The minimum Gasteiger partial charge on any atom is -0.485 e. The van der Waals surface area contributed by atoms with Gasteiger partial charge in [-0.2, -0.15) is 5.26 Å². The van der Waals surface area contributed by atoms with Gasteiger partial charge >= 0.3 is 6.09 Å². The van der Waals surface area contributed by atoms with Gasteiger partial charge in [0.1, 0.15) is 29.1 Å². The molecule has 1 saturated heterocycles. The molecular weight excluding hydrogens is 386 g/mol. The number of carbonyl (C=O) groups excluding carboxylic acids is 2. The summed E-state index contributed by atoms with van der Waals surface area (Å²) in [7, 11) is 0. The molecule has 2 heterocycles. The van der Waals surface area contributed by atoms with Gasteiger partial charge in [-0.1, -0.05) is 0 Å². The van der Waals surface area contributed by atoms with Gasteiger partial charge in [0.2, 0.25) is 5.91 Å². The summed E-state index contributed by atoms with van der Waals surface area (Å²) in [5.41, 5.74) is -0.663. The highest BCUT2D eigenvalue weighted by molar-refractivity contribution is 5.86. The summed E-state index contributed by atoms with van der Waals surface area (Å²) in [5, 5.41) is 23.0. The molecule has 1 fully saturated rings. The minimum absolute atomic E-state index is 0.367. The third kappa shape index (κ3) is 4.36. The Morgan fingerprint density at radius 1 is 1.37 bits per heavy atom. The fraction of sp³-hybridized carbons (Fsp3) is 0.591. The number of nitriles is 1. The Kier molecular flexibility index (Phi) is 5.70. The highest BCUT2D eigenvalue weighted by Crippen LogP contribution is 2.40. The van der Waals surface area contributed by atoms with Crippen LogP contribution >= 0.6 is 0 Å². The second-order valence-electron chi connectivity index (χ2n) is 9.33. The molecular formula is C22H29N3O5. The summed E-state index contributed by atoms with van der Waals surface area (Å²) in [6.45, 7) is 9.24. The molecule has 162 valence electrons. The van der Waals surface area contributed by atoms with Crippen LogP contribution in [0.1, 0.15) is 64.6 Å². The zero-order chi connectivity index (χ0) is 22.3. The van der Waals surface area contributed by atoms with Crippen LogP contribution in [0.15, 0.2) is 18.2 Å². The third-order valence-electron chi connectivity index (χ3n) is 5.36. The molecule has 2 aliphatic rings. The Morgan fingerprint density at radius 2 is 2.07 bits per heavy atom. The first-order chi connectivity index (χ1) is 13.9. The van der Waals surface area contributed by atoms with E-state index < -0.39 is 35.5 Å². The lowest BCUT2D eigenvalue weighted by Gasteiger charge is -2.42. The number of amides is 2. The fourth-order valence-corrected chi connectivity index (χ4v) is 3.85. The average Bonchev–Trinajstić information content (AvgIpc) is 3.13. The Hall–Kier alpha value is -2.79. The minimum atomic E-state index is -1.04. The van der Waals surface area contributed by atoms with Crippen LogP contribution in [-0.2, 0) is 9.53 Å². The molecule has 2 N–H and O–H groups in total. The van der Waals surface area contributed by atoms with Gasteiger partial charge in [-0.15, -0.1) is 0 Å². The number of aliphatic hydroxyl groups excluding tert-OH is 1. The second-order valence-corrected chi connectivity index (χ2v) is 9.33. The van der Waals surface area contributed by atoms with Gasteiger partial charge in [0, 0.05) is 12.1 Å². The summed E-state index contributed by atoms with van der Waals surface area (Å²) >= 11 is 0. The fourth-order valence-electron chi connectivity index (χ4n) is 3.85. The molecule has 2 aliphatic heterocycles. The van der Waals surface area contributed by atoms with E-state index in [1.165, 1.54) is 4.90 Å². The number of benzene rings is 1. The second kappa shape index (κ2) is 7.80. The van der Waals surface area contributed by atoms with Crippen molar-refractivity contribution < 1.29 is 24.2 Å². The molecule has 3 rings (SSSR count). The van der Waals surface area contributed by atoms with Crippen molar-refractivity contribution in [1.82, 2.24) is 10.2 Å². The number of likely N-dealkylation sites (tertiary alicyclic amines) is 1. The van der Waals surface area contributed by atoms with Gasteiger partial charge in [0.25, 0.3) is 0 Å². The van der Waals surface area contributed by atoms with Crippen LogP contribution in [0.4, 0.5) is 4.79 Å². The van der Waals surface area contributed by atoms with Crippen molar-refractivity contribution in [3.05, 3.63) is 29.3 Å². The molecule has 8 nitrogen and oxygen atoms in total. The lowest BCUT2D eigenvalue weighted by molar-refractivity contribution is -0.129. The van der Waals surface area contributed by atoms with Gasteiger partial charge in [0.15, 0.2) is 0 Å². The first-order valence-corrected chi connectivity index (χ1v) is 10.1. The predicted molar refractivity (Wildman–Crippen MR) is 109 cm³/mol. The van der Waals surface area contributed by atoms with Crippen LogP contribution in [0.3, 0.4) is 0 Å². The smallest absolute Gasteiger partial charge is 0.410 e. The van der Waals surface area contributed by atoms with Gasteiger partial charge in [-0.05, 0) is 65.7 Å². The molecule has 1 unspecified atom stereocenters. The van der Waals surface area contributed by atoms with Crippen LogP contribution in [0, 0.1) is 11.3 Å². The number of fused-ring (bicyclic) bond motifs is 1. The van der Waals surface area contributed by atoms with E-state index in [9.17, 15) is 20.0 Å². The molecule has 0 spiro atoms. The summed E-state index contributed by atoms with van der Waals surface area (Å²) in [4.78, 5) is 27.1. The lowest BCUT2D eigenvalue weighted by atomic mass is 9.85. The number of hydrogen-bond donors (Lipinski definition) is 2. The molecule has 2 amide bonds. The van der Waals surface area contributed by atoms with Gasteiger partial charge in [0.05, 0.1) is 17.7 Å². The summed E-state index contributed by atoms with van der Waals surface area (Å²) in [6.07, 6.45) is -0.368. The Balaban J connectivity index is 1.85. The number of nitrogens with zero attached hydrogens (tertiary/aromatic N) is 2. The monoisotopic (exact) mass is 415 g/mol. The number of aliphatic hydroxyl groups is 1. The Labute approximate surface area is 176 Å². The Morgan fingerprint density at radius 3 is 2.70 bits per heavy atom. The van der Waals surface area contributed by atoms with E-state index in [4.69, 9.17) is 9.47 Å². The maximum Gasteiger partial charge on any atom is 0.410 e. The number of ether oxygens (including phenoxy) is 2. The molecule has 8 heteroatoms. The number of carbonyl (C=O) groups is 2. The highest BCUT2D eigenvalue weighted by atomic mass is 16.6. The number of nitrogens with one attached hydrogen (secondary N) is 1. The average molecular weight is 415 g/mol. The van der Waals surface area contributed by atoms with E-state index in [0.717, 1.165) is 0 Å². The molecule has 0 aliphatic carbocycles. The standard InChI is InChI=1S/C22H29N3O5/c1-21(2,3)30-20(28)25-10-6-7-15(25)19(27)24-17-14-11-13(12-23)8-9-16(14)29-22(4,5)18(17)26/h8-9,11,15,17-18,26H,6-7,10H2,1-5H3,(H,24,27)/t15?,17-,18+/m0/s1. The highest BCUT2D eigenvalue weighted by Gasteiger charge is 2.45. The molecule has 1 aromatic carbocycles. The van der Waals surface area contributed by atoms with Crippen LogP contribution in [-0.4, -0.2) is 51.9 Å². The van der Waals surface area contributed by atoms with Crippen LogP contribution in [0.2, 0.25) is 0 Å². The summed E-state index contributed by atoms with van der Waals surface area (Å²) in [5.74, 6) is 0.137. The first-order valence-electron chi connectivity index (χ1n) is 10.1. The predicted octanol–water partition coefficient (Wildman–Crippen LogP) is 2.65. The van der Waals surface area contributed by atoms with Crippen molar-refractivity contribution in [2.45, 2.75) is 76.9 Å². The van der Waals surface area contributed by atoms with E-state index in [1.54, 1.807) is 52.8 Å². The van der Waals surface area contributed by atoms with Crippen molar-refractivity contribution >= 4 is 12.0 Å². The molecule has 0 saturated carbocycles. The largest absolute Gasteiger partial charge is 0.485 e. The molecule has 0 aromatic heterocycles. The normalized spacial score (nSPS) is 25.0. The topological polar surface area (TPSA) is 112 Å². The summed E-state index contributed by atoms with van der Waals surface area (Å²) in [6, 6.07) is 5.53. The van der Waals surface area contributed by atoms with E-state index in [1.807, 2.05) is 0 Å². The number of rotatable bonds is 2. The molecule has 30 heavy (non-hydrogen) atoms. The van der Waals surface area contributed by atoms with E-state index in [2.05, 4.69) is 11.4 Å². The molecule has 0 bridgehead atoms. The van der Waals surface area contributed by atoms with E-state index >= 15 is 0 Å². The van der Waals surface area contributed by atoms with Crippen molar-refractivity contribution in [3.63, 3.8) is 0 Å². The van der Waals surface area contributed by atoms with Gasteiger partial charge < -0.3 is 19.9 Å². The summed E-state index contributed by atoms with van der Waals surface area (Å²) < 4.78 is 11.3. The zero-order valence-electron chi connectivity index (χ0n) is 18.1. The first kappa shape index (κ1) is 21.9. The third-order valence-corrected chi connectivity index (χ3v) is 5.36. The number of hydrogen-bond acceptors (Lipinski definition) is 6. The lowest BCUT2D eigenvalue weighted by Crippen LogP contribution is -2.56. The van der Waals surface area contributed by atoms with Gasteiger partial charge in [-0.3, -0.25) is 9.69 Å². The van der Waals surface area contributed by atoms with Crippen LogP contribution in [0.25, 0.3) is 0 Å². The van der Waals surface area contributed by atoms with Crippen molar-refractivity contribution in [3.8, 4) is 11.8 Å². The van der Waals surface area contributed by atoms with Crippen molar-refractivity contribution in [2.75, 3.05) is 6.54 Å². The van der Waals surface area contributed by atoms with Crippen LogP contribution < -0.4 is 10.1 Å². The zero-order valence-corrected chi connectivity index (χ0v) is 18.1. The van der Waals surface area contributed by atoms with Crippen molar-refractivity contribution in [1.29, 1.82) is 5.26 Å². The maximum absolute atomic E-state index is 13.1.